The van der Waals surface area contributed by atoms with Crippen LogP contribution < -0.4 is 5.32 Å². The van der Waals surface area contributed by atoms with Crippen LogP contribution in [0.1, 0.15) is 27.2 Å². The highest BCUT2D eigenvalue weighted by molar-refractivity contribution is 4.94. The Kier molecular flexibility index (Phi) is 4.88. The van der Waals surface area contributed by atoms with Gasteiger partial charge >= 0.3 is 0 Å². The lowest BCUT2D eigenvalue weighted by Crippen LogP contribution is -2.64. The maximum atomic E-state index is 3.68. The summed E-state index contributed by atoms with van der Waals surface area (Å²) in [7, 11) is 4.53. The van der Waals surface area contributed by atoms with Gasteiger partial charge in [-0.15, -0.1) is 0 Å². The molecular formula is C15H32N4. The molecule has 0 aromatic heterocycles. The van der Waals surface area contributed by atoms with Crippen LogP contribution in [0.15, 0.2) is 0 Å². The summed E-state index contributed by atoms with van der Waals surface area (Å²) in [5.74, 6) is 0. The van der Waals surface area contributed by atoms with Crippen molar-refractivity contribution in [3.05, 3.63) is 0 Å². The van der Waals surface area contributed by atoms with E-state index in [2.05, 4.69) is 54.9 Å². The van der Waals surface area contributed by atoms with E-state index >= 15 is 0 Å². The first-order chi connectivity index (χ1) is 8.91. The van der Waals surface area contributed by atoms with Gasteiger partial charge < -0.3 is 10.2 Å². The SMILES string of the molecule is CCC1CNC(C)(C)CN1CC1CN(C)CCN1C. The van der Waals surface area contributed by atoms with Crippen molar-refractivity contribution >= 4 is 0 Å². The van der Waals surface area contributed by atoms with Crippen LogP contribution >= 0.6 is 0 Å². The van der Waals surface area contributed by atoms with Crippen LogP contribution in [0.5, 0.6) is 0 Å². The van der Waals surface area contributed by atoms with E-state index in [1.165, 1.54) is 39.1 Å². The van der Waals surface area contributed by atoms with Crippen molar-refractivity contribution in [2.45, 2.75) is 44.8 Å². The largest absolute Gasteiger partial charge is 0.309 e. The van der Waals surface area contributed by atoms with Crippen LogP contribution in [0.25, 0.3) is 0 Å². The fourth-order valence-corrected chi connectivity index (χ4v) is 3.40. The molecular weight excluding hydrogens is 236 g/mol. The Bertz CT molecular complexity index is 292. The second-order valence-electron chi connectivity index (χ2n) is 7.15. The minimum absolute atomic E-state index is 0.255. The third kappa shape index (κ3) is 3.91. The molecule has 2 aliphatic rings. The molecule has 2 unspecified atom stereocenters. The number of hydrogen-bond donors (Lipinski definition) is 1. The molecule has 4 heteroatoms. The highest BCUT2D eigenvalue weighted by Gasteiger charge is 2.34. The van der Waals surface area contributed by atoms with Gasteiger partial charge in [-0.3, -0.25) is 9.80 Å². The lowest BCUT2D eigenvalue weighted by molar-refractivity contribution is 0.0348. The van der Waals surface area contributed by atoms with E-state index in [9.17, 15) is 0 Å². The molecule has 2 saturated heterocycles. The molecule has 2 rings (SSSR count). The number of piperazine rings is 2. The van der Waals surface area contributed by atoms with Crippen LogP contribution in [-0.4, -0.2) is 85.7 Å². The molecule has 0 aromatic rings. The van der Waals surface area contributed by atoms with E-state index in [4.69, 9.17) is 0 Å². The Balaban J connectivity index is 1.98. The summed E-state index contributed by atoms with van der Waals surface area (Å²) in [5, 5.41) is 3.68. The van der Waals surface area contributed by atoms with Crippen molar-refractivity contribution in [3.63, 3.8) is 0 Å². The monoisotopic (exact) mass is 268 g/mol. The van der Waals surface area contributed by atoms with Crippen LogP contribution in [0.4, 0.5) is 0 Å². The second-order valence-corrected chi connectivity index (χ2v) is 7.15. The van der Waals surface area contributed by atoms with Gasteiger partial charge in [-0.05, 0) is 34.4 Å². The molecule has 112 valence electrons. The molecule has 2 atom stereocenters. The fraction of sp³-hybridized carbons (Fsp3) is 1.00. The Labute approximate surface area is 119 Å². The number of rotatable bonds is 3. The topological polar surface area (TPSA) is 21.8 Å². The zero-order valence-electron chi connectivity index (χ0n) is 13.4. The van der Waals surface area contributed by atoms with Crippen LogP contribution in [0, 0.1) is 0 Å². The third-order valence-electron chi connectivity index (χ3n) is 4.83. The average Bonchev–Trinajstić information content (AvgIpc) is 2.33. The molecule has 4 nitrogen and oxygen atoms in total. The van der Waals surface area contributed by atoms with Crippen LogP contribution in [0.2, 0.25) is 0 Å². The Morgan fingerprint density at radius 1 is 1.16 bits per heavy atom. The van der Waals surface area contributed by atoms with Crippen LogP contribution in [0.3, 0.4) is 0 Å². The van der Waals surface area contributed by atoms with Gasteiger partial charge in [0.15, 0.2) is 0 Å². The molecule has 0 bridgehead atoms. The summed E-state index contributed by atoms with van der Waals surface area (Å²) in [6, 6.07) is 1.38. The normalized spacial score (nSPS) is 34.6. The van der Waals surface area contributed by atoms with Crippen molar-refractivity contribution in [3.8, 4) is 0 Å². The van der Waals surface area contributed by atoms with Crippen molar-refractivity contribution in [1.82, 2.24) is 20.0 Å². The average molecular weight is 268 g/mol. The molecule has 1 N–H and O–H groups in total. The number of hydrogen-bond acceptors (Lipinski definition) is 4. The highest BCUT2D eigenvalue weighted by atomic mass is 15.3. The van der Waals surface area contributed by atoms with Gasteiger partial charge in [0, 0.05) is 56.9 Å². The highest BCUT2D eigenvalue weighted by Crippen LogP contribution is 2.19. The zero-order chi connectivity index (χ0) is 14.0. The van der Waals surface area contributed by atoms with Gasteiger partial charge in [0.05, 0.1) is 0 Å². The molecule has 2 aliphatic heterocycles. The number of nitrogens with zero attached hydrogens (tertiary/aromatic N) is 3. The predicted molar refractivity (Wildman–Crippen MR) is 81.6 cm³/mol. The lowest BCUT2D eigenvalue weighted by Gasteiger charge is -2.48. The first kappa shape index (κ1) is 15.2. The fourth-order valence-electron chi connectivity index (χ4n) is 3.40. The summed E-state index contributed by atoms with van der Waals surface area (Å²) < 4.78 is 0. The van der Waals surface area contributed by atoms with E-state index in [1.807, 2.05) is 0 Å². The molecule has 0 amide bonds. The van der Waals surface area contributed by atoms with Gasteiger partial charge in [0.1, 0.15) is 0 Å². The van der Waals surface area contributed by atoms with Crippen molar-refractivity contribution in [1.29, 1.82) is 0 Å². The molecule has 2 heterocycles. The predicted octanol–water partition coefficient (Wildman–Crippen LogP) is 0.695. The summed E-state index contributed by atoms with van der Waals surface area (Å²) in [6.07, 6.45) is 1.25. The minimum atomic E-state index is 0.255. The standard InChI is InChI=1S/C15H32N4/c1-6-13-9-16-15(2,3)12-19(13)11-14-10-17(4)7-8-18(14)5/h13-14,16H,6-12H2,1-5H3. The Morgan fingerprint density at radius 2 is 1.89 bits per heavy atom. The van der Waals surface area contributed by atoms with Gasteiger partial charge in [-0.2, -0.15) is 0 Å². The third-order valence-corrected chi connectivity index (χ3v) is 4.83. The van der Waals surface area contributed by atoms with Crippen molar-refractivity contribution in [2.24, 2.45) is 0 Å². The van der Waals surface area contributed by atoms with E-state index in [0.29, 0.717) is 12.1 Å². The summed E-state index contributed by atoms with van der Waals surface area (Å²) in [4.78, 5) is 7.73. The van der Waals surface area contributed by atoms with Crippen LogP contribution in [-0.2, 0) is 0 Å². The quantitative estimate of drug-likeness (QED) is 0.813. The molecule has 19 heavy (non-hydrogen) atoms. The van der Waals surface area contributed by atoms with Gasteiger partial charge in [0.2, 0.25) is 0 Å². The smallest absolute Gasteiger partial charge is 0.0347 e. The molecule has 0 aromatic carbocycles. The number of nitrogens with one attached hydrogen (secondary N) is 1. The van der Waals surface area contributed by atoms with E-state index in [1.54, 1.807) is 0 Å². The second kappa shape index (κ2) is 6.08. The molecule has 0 radical (unpaired) electrons. The Morgan fingerprint density at radius 3 is 2.58 bits per heavy atom. The number of likely N-dealkylation sites (N-methyl/N-ethyl adjacent to an activating group) is 2. The minimum Gasteiger partial charge on any atom is -0.309 e. The Hall–Kier alpha value is -0.160. The van der Waals surface area contributed by atoms with Crippen molar-refractivity contribution < 1.29 is 0 Å². The van der Waals surface area contributed by atoms with Gasteiger partial charge in [0.25, 0.3) is 0 Å². The van der Waals surface area contributed by atoms with E-state index in [-0.39, 0.29) is 5.54 Å². The van der Waals surface area contributed by atoms with E-state index in [0.717, 1.165) is 6.54 Å². The molecule has 0 spiro atoms. The van der Waals surface area contributed by atoms with Crippen molar-refractivity contribution in [2.75, 3.05) is 53.4 Å². The van der Waals surface area contributed by atoms with Gasteiger partial charge in [-0.25, -0.2) is 0 Å². The molecule has 2 fully saturated rings. The molecule has 0 aliphatic carbocycles. The summed E-state index contributed by atoms with van der Waals surface area (Å²) >= 11 is 0. The van der Waals surface area contributed by atoms with Gasteiger partial charge in [-0.1, -0.05) is 6.92 Å². The zero-order valence-corrected chi connectivity index (χ0v) is 13.4. The summed E-state index contributed by atoms with van der Waals surface area (Å²) in [6.45, 7) is 14.1. The molecule has 0 saturated carbocycles. The maximum Gasteiger partial charge on any atom is 0.0347 e. The van der Waals surface area contributed by atoms with E-state index < -0.39 is 0 Å². The maximum absolute atomic E-state index is 3.68. The summed E-state index contributed by atoms with van der Waals surface area (Å²) in [5.41, 5.74) is 0.255. The first-order valence-electron chi connectivity index (χ1n) is 7.79. The lowest BCUT2D eigenvalue weighted by atomic mass is 9.96. The first-order valence-corrected chi connectivity index (χ1v) is 7.79.